The number of ether oxygens (including phenoxy) is 1. The summed E-state index contributed by atoms with van der Waals surface area (Å²) in [6, 6.07) is 2.90. The number of rotatable bonds is 6. The van der Waals surface area contributed by atoms with Crippen molar-refractivity contribution in [2.24, 2.45) is 0 Å². The minimum Gasteiger partial charge on any atom is -0.398 e. The standard InChI is InChI=1S/C11H17FN2O3S/c1-8(5-6-17-2)14-18(15,16)11-4-3-9(12)7-10(11)13/h3-4,7-8,14H,5-6,13H2,1-2H3. The highest BCUT2D eigenvalue weighted by Crippen LogP contribution is 2.19. The first kappa shape index (κ1) is 14.9. The van der Waals surface area contributed by atoms with Crippen LogP contribution in [0, 0.1) is 5.82 Å². The summed E-state index contributed by atoms with van der Waals surface area (Å²) in [7, 11) is -2.19. The van der Waals surface area contributed by atoms with Crippen molar-refractivity contribution in [3.63, 3.8) is 0 Å². The van der Waals surface area contributed by atoms with Crippen molar-refractivity contribution < 1.29 is 17.5 Å². The molecule has 0 bridgehead atoms. The number of nitrogen functional groups attached to an aromatic ring is 1. The van der Waals surface area contributed by atoms with Crippen molar-refractivity contribution in [1.82, 2.24) is 4.72 Å². The number of hydrogen-bond donors (Lipinski definition) is 2. The molecule has 0 aliphatic rings. The molecule has 1 unspecified atom stereocenters. The predicted molar refractivity (Wildman–Crippen MR) is 67.1 cm³/mol. The molecule has 1 aromatic carbocycles. The number of nitrogens with one attached hydrogen (secondary N) is 1. The molecule has 18 heavy (non-hydrogen) atoms. The minimum atomic E-state index is -3.73. The van der Waals surface area contributed by atoms with Gasteiger partial charge in [-0.2, -0.15) is 0 Å². The van der Waals surface area contributed by atoms with Crippen molar-refractivity contribution in [3.8, 4) is 0 Å². The van der Waals surface area contributed by atoms with Gasteiger partial charge in [-0.05, 0) is 31.5 Å². The van der Waals surface area contributed by atoms with Gasteiger partial charge in [-0.25, -0.2) is 17.5 Å². The van der Waals surface area contributed by atoms with Gasteiger partial charge in [0.25, 0.3) is 0 Å². The molecule has 0 aromatic heterocycles. The second-order valence-corrected chi connectivity index (χ2v) is 5.67. The van der Waals surface area contributed by atoms with E-state index in [9.17, 15) is 12.8 Å². The minimum absolute atomic E-state index is 0.110. The summed E-state index contributed by atoms with van der Waals surface area (Å²) in [5.74, 6) is -0.570. The van der Waals surface area contributed by atoms with Crippen molar-refractivity contribution in [1.29, 1.82) is 0 Å². The van der Waals surface area contributed by atoms with Crippen LogP contribution in [0.25, 0.3) is 0 Å². The van der Waals surface area contributed by atoms with Crippen LogP contribution in [0.1, 0.15) is 13.3 Å². The van der Waals surface area contributed by atoms with Crippen LogP contribution in [0.3, 0.4) is 0 Å². The summed E-state index contributed by atoms with van der Waals surface area (Å²) >= 11 is 0. The molecule has 0 heterocycles. The van der Waals surface area contributed by atoms with E-state index in [-0.39, 0.29) is 16.6 Å². The Labute approximate surface area is 106 Å². The molecule has 0 spiro atoms. The fourth-order valence-corrected chi connectivity index (χ4v) is 2.84. The second kappa shape index (κ2) is 6.12. The van der Waals surface area contributed by atoms with Gasteiger partial charge >= 0.3 is 0 Å². The third-order valence-corrected chi connectivity index (χ3v) is 4.04. The Kier molecular flexibility index (Phi) is 5.06. The molecule has 3 N–H and O–H groups in total. The van der Waals surface area contributed by atoms with E-state index in [1.807, 2.05) is 0 Å². The Balaban J connectivity index is 2.86. The maximum absolute atomic E-state index is 12.9. The molecular formula is C11H17FN2O3S. The van der Waals surface area contributed by atoms with Gasteiger partial charge in [0.2, 0.25) is 10.0 Å². The smallest absolute Gasteiger partial charge is 0.242 e. The zero-order valence-electron chi connectivity index (χ0n) is 10.3. The number of methoxy groups -OCH3 is 1. The van der Waals surface area contributed by atoms with Gasteiger partial charge in [-0.1, -0.05) is 0 Å². The highest BCUT2D eigenvalue weighted by Gasteiger charge is 2.20. The Hall–Kier alpha value is -1.18. The first-order valence-electron chi connectivity index (χ1n) is 5.43. The van der Waals surface area contributed by atoms with Crippen LogP contribution in [-0.2, 0) is 14.8 Å². The van der Waals surface area contributed by atoms with Crippen LogP contribution in [0.4, 0.5) is 10.1 Å². The summed E-state index contributed by atoms with van der Waals surface area (Å²) in [6.07, 6.45) is 0.539. The maximum atomic E-state index is 12.9. The molecule has 0 radical (unpaired) electrons. The molecule has 7 heteroatoms. The lowest BCUT2D eigenvalue weighted by molar-refractivity contribution is 0.188. The number of halogens is 1. The average molecular weight is 276 g/mol. The van der Waals surface area contributed by atoms with Gasteiger partial charge in [0.15, 0.2) is 0 Å². The summed E-state index contributed by atoms with van der Waals surface area (Å²) in [5, 5.41) is 0. The Morgan fingerprint density at radius 2 is 2.17 bits per heavy atom. The summed E-state index contributed by atoms with van der Waals surface area (Å²) < 4.78 is 44.1. The third-order valence-electron chi connectivity index (χ3n) is 2.37. The Bertz CT molecular complexity index is 505. The van der Waals surface area contributed by atoms with Gasteiger partial charge in [-0.3, -0.25) is 0 Å². The van der Waals surface area contributed by atoms with Crippen LogP contribution < -0.4 is 10.5 Å². The summed E-state index contributed by atoms with van der Waals surface area (Å²) in [4.78, 5) is -0.117. The molecule has 1 atom stereocenters. The molecule has 102 valence electrons. The summed E-state index contributed by atoms with van der Waals surface area (Å²) in [5.41, 5.74) is 5.39. The van der Waals surface area contributed by atoms with Crippen LogP contribution >= 0.6 is 0 Å². The Morgan fingerprint density at radius 3 is 2.72 bits per heavy atom. The fourth-order valence-electron chi connectivity index (χ4n) is 1.45. The molecule has 1 aromatic rings. The van der Waals surface area contributed by atoms with Crippen molar-refractivity contribution in [2.75, 3.05) is 19.5 Å². The lowest BCUT2D eigenvalue weighted by atomic mass is 10.3. The van der Waals surface area contributed by atoms with Crippen molar-refractivity contribution in [2.45, 2.75) is 24.3 Å². The van der Waals surface area contributed by atoms with E-state index < -0.39 is 15.8 Å². The molecule has 0 aliphatic heterocycles. The normalized spacial score (nSPS) is 13.5. The second-order valence-electron chi connectivity index (χ2n) is 3.99. The van der Waals surface area contributed by atoms with E-state index in [0.29, 0.717) is 13.0 Å². The fraction of sp³-hybridized carbons (Fsp3) is 0.455. The maximum Gasteiger partial charge on any atom is 0.242 e. The molecule has 5 nitrogen and oxygen atoms in total. The molecule has 0 saturated carbocycles. The van der Waals surface area contributed by atoms with Crippen LogP contribution in [-0.4, -0.2) is 28.2 Å². The van der Waals surface area contributed by atoms with Crippen LogP contribution in [0.15, 0.2) is 23.1 Å². The molecule has 1 rings (SSSR count). The van der Waals surface area contributed by atoms with E-state index in [1.165, 1.54) is 0 Å². The van der Waals surface area contributed by atoms with Crippen LogP contribution in [0.5, 0.6) is 0 Å². The van der Waals surface area contributed by atoms with E-state index in [1.54, 1.807) is 14.0 Å². The number of hydrogen-bond acceptors (Lipinski definition) is 4. The number of benzene rings is 1. The van der Waals surface area contributed by atoms with E-state index in [2.05, 4.69) is 4.72 Å². The van der Waals surface area contributed by atoms with Crippen molar-refractivity contribution >= 4 is 15.7 Å². The quantitative estimate of drug-likeness (QED) is 0.763. The first-order valence-corrected chi connectivity index (χ1v) is 6.91. The molecule has 0 amide bonds. The highest BCUT2D eigenvalue weighted by molar-refractivity contribution is 7.89. The topological polar surface area (TPSA) is 81.4 Å². The van der Waals surface area contributed by atoms with E-state index in [0.717, 1.165) is 18.2 Å². The average Bonchev–Trinajstić information content (AvgIpc) is 2.25. The SMILES string of the molecule is COCCC(C)NS(=O)(=O)c1ccc(F)cc1N. The van der Waals surface area contributed by atoms with Gasteiger partial charge < -0.3 is 10.5 Å². The first-order chi connectivity index (χ1) is 8.36. The largest absolute Gasteiger partial charge is 0.398 e. The molecule has 0 saturated heterocycles. The number of anilines is 1. The van der Waals surface area contributed by atoms with Gasteiger partial charge in [0.1, 0.15) is 10.7 Å². The lowest BCUT2D eigenvalue weighted by Crippen LogP contribution is -2.33. The third kappa shape index (κ3) is 3.94. The highest BCUT2D eigenvalue weighted by atomic mass is 32.2. The van der Waals surface area contributed by atoms with Gasteiger partial charge in [0.05, 0.1) is 5.69 Å². The number of nitrogens with two attached hydrogens (primary N) is 1. The Morgan fingerprint density at radius 1 is 1.50 bits per heavy atom. The lowest BCUT2D eigenvalue weighted by Gasteiger charge is -2.14. The zero-order chi connectivity index (χ0) is 13.8. The number of sulfonamides is 1. The summed E-state index contributed by atoms with van der Waals surface area (Å²) in [6.45, 7) is 2.17. The van der Waals surface area contributed by atoms with E-state index in [4.69, 9.17) is 10.5 Å². The zero-order valence-corrected chi connectivity index (χ0v) is 11.1. The monoisotopic (exact) mass is 276 g/mol. The van der Waals surface area contributed by atoms with Crippen molar-refractivity contribution in [3.05, 3.63) is 24.0 Å². The van der Waals surface area contributed by atoms with Gasteiger partial charge in [0, 0.05) is 19.8 Å². The molecular weight excluding hydrogens is 259 g/mol. The van der Waals surface area contributed by atoms with Gasteiger partial charge in [-0.15, -0.1) is 0 Å². The van der Waals surface area contributed by atoms with E-state index >= 15 is 0 Å². The molecule has 0 aliphatic carbocycles. The predicted octanol–water partition coefficient (Wildman–Crippen LogP) is 1.11. The van der Waals surface area contributed by atoms with Crippen LogP contribution in [0.2, 0.25) is 0 Å². The molecule has 0 fully saturated rings.